The first-order valence-electron chi connectivity index (χ1n) is 7.14. The minimum atomic E-state index is -4.58. The Hall–Kier alpha value is -1.87. The Morgan fingerprint density at radius 1 is 1.21 bits per heavy atom. The van der Waals surface area contributed by atoms with Crippen LogP contribution in [0.5, 0.6) is 0 Å². The molecule has 0 saturated carbocycles. The second-order valence-corrected chi connectivity index (χ2v) is 5.96. The molecule has 3 N–H and O–H groups in total. The molecular weight excluding hydrogens is 389 g/mol. The lowest BCUT2D eigenvalue weighted by atomic mass is 10.2. The van der Waals surface area contributed by atoms with Crippen molar-refractivity contribution in [2.75, 3.05) is 23.8 Å². The fourth-order valence-corrected chi connectivity index (χ4v) is 2.40. The third-order valence-corrected chi connectivity index (χ3v) is 3.58. The van der Waals surface area contributed by atoms with Gasteiger partial charge in [-0.3, -0.25) is 0 Å². The summed E-state index contributed by atoms with van der Waals surface area (Å²) < 4.78 is 39.9. The number of hydrogen-bond donors (Lipinski definition) is 3. The summed E-state index contributed by atoms with van der Waals surface area (Å²) in [6, 6.07) is 6.22. The Morgan fingerprint density at radius 2 is 1.96 bits per heavy atom. The number of aryl methyl sites for hydroxylation is 1. The van der Waals surface area contributed by atoms with Gasteiger partial charge in [0.15, 0.2) is 5.69 Å². The van der Waals surface area contributed by atoms with Crippen LogP contribution in [0.2, 0.25) is 0 Å². The number of hydrogen-bond acceptors (Lipinski definition) is 5. The van der Waals surface area contributed by atoms with E-state index in [0.29, 0.717) is 12.1 Å². The van der Waals surface area contributed by atoms with Crippen LogP contribution in [-0.4, -0.2) is 28.2 Å². The maximum absolute atomic E-state index is 13.0. The van der Waals surface area contributed by atoms with E-state index in [4.69, 9.17) is 5.11 Å². The van der Waals surface area contributed by atoms with Crippen molar-refractivity contribution in [1.82, 2.24) is 9.97 Å². The molecule has 1 aromatic carbocycles. The lowest BCUT2D eigenvalue weighted by Gasteiger charge is -2.14. The van der Waals surface area contributed by atoms with Gasteiger partial charge in [0.25, 0.3) is 0 Å². The summed E-state index contributed by atoms with van der Waals surface area (Å²) in [6.45, 7) is 2.03. The summed E-state index contributed by atoms with van der Waals surface area (Å²) in [5.41, 5.74) is 0.457. The van der Waals surface area contributed by atoms with Crippen LogP contribution in [0, 0.1) is 6.92 Å². The summed E-state index contributed by atoms with van der Waals surface area (Å²) in [4.78, 5) is 7.53. The third kappa shape index (κ3) is 5.07. The quantitative estimate of drug-likeness (QED) is 0.632. The molecule has 0 radical (unpaired) electrons. The number of alkyl halides is 3. The molecule has 9 heteroatoms. The number of nitrogens with one attached hydrogen (secondary N) is 2. The van der Waals surface area contributed by atoms with Crippen LogP contribution in [0.25, 0.3) is 0 Å². The van der Waals surface area contributed by atoms with E-state index in [1.807, 2.05) is 13.0 Å². The van der Waals surface area contributed by atoms with Gasteiger partial charge in [-0.2, -0.15) is 18.2 Å². The highest BCUT2D eigenvalue weighted by molar-refractivity contribution is 9.10. The number of nitrogens with zero attached hydrogens (tertiary/aromatic N) is 2. The molecule has 1 aromatic heterocycles. The fourth-order valence-electron chi connectivity index (χ4n) is 1.92. The smallest absolute Gasteiger partial charge is 0.396 e. The molecule has 0 saturated heterocycles. The van der Waals surface area contributed by atoms with E-state index in [9.17, 15) is 13.2 Å². The minimum Gasteiger partial charge on any atom is -0.396 e. The predicted octanol–water partition coefficient (Wildman–Crippen LogP) is 4.10. The number of anilines is 3. The SMILES string of the molecule is Cc1cc(Br)ccc1Nc1cc(C(F)(F)F)nc(NCCCO)n1. The maximum atomic E-state index is 13.0. The molecule has 0 bridgehead atoms. The lowest BCUT2D eigenvalue weighted by Crippen LogP contribution is -2.14. The Kier molecular flexibility index (Phi) is 6.00. The zero-order valence-corrected chi connectivity index (χ0v) is 14.4. The summed E-state index contributed by atoms with van der Waals surface area (Å²) in [6.07, 6.45) is -4.20. The molecule has 1 heterocycles. The molecular formula is C15H16BrF3N4O. The Bertz CT molecular complexity index is 710. The molecule has 130 valence electrons. The molecule has 2 aromatic rings. The van der Waals surface area contributed by atoms with Crippen LogP contribution in [0.4, 0.5) is 30.6 Å². The normalized spacial score (nSPS) is 11.4. The van der Waals surface area contributed by atoms with Crippen molar-refractivity contribution in [2.45, 2.75) is 19.5 Å². The first kappa shape index (κ1) is 18.5. The highest BCUT2D eigenvalue weighted by atomic mass is 79.9. The van der Waals surface area contributed by atoms with Crippen molar-refractivity contribution in [2.24, 2.45) is 0 Å². The predicted molar refractivity (Wildman–Crippen MR) is 89.4 cm³/mol. The maximum Gasteiger partial charge on any atom is 0.433 e. The van der Waals surface area contributed by atoms with Crippen LogP contribution >= 0.6 is 15.9 Å². The number of aliphatic hydroxyl groups excluding tert-OH is 1. The zero-order valence-electron chi connectivity index (χ0n) is 12.8. The Balaban J connectivity index is 2.31. The monoisotopic (exact) mass is 404 g/mol. The standard InChI is InChI=1S/C15H16BrF3N4O/c1-9-7-10(16)3-4-11(9)21-13-8-12(15(17,18)19)22-14(23-13)20-5-2-6-24/h3-4,7-8,24H,2,5-6H2,1H3,(H2,20,21,22,23). The molecule has 0 amide bonds. The number of benzene rings is 1. The fraction of sp³-hybridized carbons (Fsp3) is 0.333. The van der Waals surface area contributed by atoms with Gasteiger partial charge in [0, 0.05) is 29.4 Å². The highest BCUT2D eigenvalue weighted by Crippen LogP contribution is 2.31. The summed E-state index contributed by atoms with van der Waals surface area (Å²) in [5.74, 6) is -0.107. The van der Waals surface area contributed by atoms with Crippen molar-refractivity contribution >= 4 is 33.4 Å². The average Bonchev–Trinajstić information content (AvgIpc) is 2.49. The molecule has 5 nitrogen and oxygen atoms in total. The van der Waals surface area contributed by atoms with Crippen LogP contribution in [0.1, 0.15) is 17.7 Å². The topological polar surface area (TPSA) is 70.1 Å². The van der Waals surface area contributed by atoms with E-state index in [0.717, 1.165) is 16.1 Å². The summed E-state index contributed by atoms with van der Waals surface area (Å²) in [7, 11) is 0. The molecule has 2 rings (SSSR count). The third-order valence-electron chi connectivity index (χ3n) is 3.09. The van der Waals surface area contributed by atoms with Gasteiger partial charge in [-0.15, -0.1) is 0 Å². The van der Waals surface area contributed by atoms with Crippen molar-refractivity contribution in [3.05, 3.63) is 40.0 Å². The first-order valence-corrected chi connectivity index (χ1v) is 7.93. The molecule has 24 heavy (non-hydrogen) atoms. The van der Waals surface area contributed by atoms with Gasteiger partial charge in [0.05, 0.1) is 0 Å². The van der Waals surface area contributed by atoms with Gasteiger partial charge in [-0.1, -0.05) is 15.9 Å². The van der Waals surface area contributed by atoms with Gasteiger partial charge < -0.3 is 15.7 Å². The Labute approximate surface area is 145 Å². The van der Waals surface area contributed by atoms with E-state index in [-0.39, 0.29) is 24.9 Å². The van der Waals surface area contributed by atoms with E-state index in [2.05, 4.69) is 36.5 Å². The van der Waals surface area contributed by atoms with Crippen LogP contribution in [0.3, 0.4) is 0 Å². The Morgan fingerprint density at radius 3 is 2.58 bits per heavy atom. The molecule has 0 aliphatic carbocycles. The van der Waals surface area contributed by atoms with Gasteiger partial charge in [-0.25, -0.2) is 4.98 Å². The van der Waals surface area contributed by atoms with Crippen molar-refractivity contribution in [3.8, 4) is 0 Å². The van der Waals surface area contributed by atoms with E-state index < -0.39 is 11.9 Å². The number of aromatic nitrogens is 2. The molecule has 0 aliphatic heterocycles. The minimum absolute atomic E-state index is 0.0363. The molecule has 0 atom stereocenters. The van der Waals surface area contributed by atoms with Crippen LogP contribution in [0.15, 0.2) is 28.7 Å². The van der Waals surface area contributed by atoms with Gasteiger partial charge in [-0.05, 0) is 37.1 Å². The average molecular weight is 405 g/mol. The van der Waals surface area contributed by atoms with Crippen LogP contribution < -0.4 is 10.6 Å². The second-order valence-electron chi connectivity index (χ2n) is 5.05. The van der Waals surface area contributed by atoms with E-state index in [1.165, 1.54) is 0 Å². The van der Waals surface area contributed by atoms with Crippen molar-refractivity contribution in [3.63, 3.8) is 0 Å². The van der Waals surface area contributed by atoms with Gasteiger partial charge in [0.2, 0.25) is 5.95 Å². The summed E-state index contributed by atoms with van der Waals surface area (Å²) >= 11 is 3.33. The van der Waals surface area contributed by atoms with E-state index in [1.54, 1.807) is 12.1 Å². The lowest BCUT2D eigenvalue weighted by molar-refractivity contribution is -0.141. The number of rotatable bonds is 6. The number of halogens is 4. The first-order chi connectivity index (χ1) is 11.3. The molecule has 0 aliphatic rings. The van der Waals surface area contributed by atoms with Gasteiger partial charge in [0.1, 0.15) is 5.82 Å². The van der Waals surface area contributed by atoms with Crippen molar-refractivity contribution < 1.29 is 18.3 Å². The highest BCUT2D eigenvalue weighted by Gasteiger charge is 2.33. The van der Waals surface area contributed by atoms with Crippen LogP contribution in [-0.2, 0) is 6.18 Å². The largest absolute Gasteiger partial charge is 0.433 e. The number of aliphatic hydroxyl groups is 1. The molecule has 0 unspecified atom stereocenters. The molecule has 0 spiro atoms. The molecule has 0 fully saturated rings. The second kappa shape index (κ2) is 7.80. The zero-order chi connectivity index (χ0) is 17.7. The van der Waals surface area contributed by atoms with Gasteiger partial charge >= 0.3 is 6.18 Å². The van der Waals surface area contributed by atoms with Crippen molar-refractivity contribution in [1.29, 1.82) is 0 Å². The van der Waals surface area contributed by atoms with E-state index >= 15 is 0 Å². The summed E-state index contributed by atoms with van der Waals surface area (Å²) in [5, 5.41) is 14.3.